The molecule has 0 saturated carbocycles. The largest absolute Gasteiger partial charge is 0.573 e. The number of carbonyl (C=O) groups excluding carboxylic acids is 3. The molecule has 1 heterocycles. The second-order valence-electron chi connectivity index (χ2n) is 9.31. The van der Waals surface area contributed by atoms with Crippen molar-refractivity contribution in [3.63, 3.8) is 0 Å². The minimum absolute atomic E-state index is 0.144. The summed E-state index contributed by atoms with van der Waals surface area (Å²) in [5, 5.41) is 4.62. The van der Waals surface area contributed by atoms with Crippen LogP contribution in [0.25, 0.3) is 0 Å². The highest BCUT2D eigenvalue weighted by Crippen LogP contribution is 2.40. The van der Waals surface area contributed by atoms with E-state index >= 15 is 0 Å². The first-order valence-electron chi connectivity index (χ1n) is 12.1. The van der Waals surface area contributed by atoms with E-state index in [1.165, 1.54) is 6.07 Å². The Kier molecular flexibility index (Phi) is 10.1. The van der Waals surface area contributed by atoms with Crippen molar-refractivity contribution >= 4 is 52.7 Å². The third-order valence-corrected chi connectivity index (χ3v) is 7.23. The van der Waals surface area contributed by atoms with Crippen molar-refractivity contribution in [3.05, 3.63) is 58.6 Å². The molecule has 1 aliphatic rings. The van der Waals surface area contributed by atoms with Crippen molar-refractivity contribution in [2.24, 2.45) is 10.5 Å². The molecule has 1 aliphatic heterocycles. The number of halogens is 7. The molecule has 0 fully saturated rings. The Bertz CT molecular complexity index is 1370. The standard InChI is InChI=1S/C26H24ClF6N3O5S/c1-24(11-4-12-42-3)14-35(34-20(24)15-5-10-18(19(27)13-15)25(28,29)30)23(39)36(21(37)22(38)40-2)16-6-8-17(9-7-16)41-26(31,32)33/h5-10,13H,4,11-12,14H2,1-3H3. The van der Waals surface area contributed by atoms with E-state index in [9.17, 15) is 40.7 Å². The molecule has 0 bridgehead atoms. The minimum atomic E-state index is -5.00. The van der Waals surface area contributed by atoms with E-state index in [1.54, 1.807) is 18.7 Å². The van der Waals surface area contributed by atoms with Gasteiger partial charge < -0.3 is 9.47 Å². The molecular formula is C26H24ClF6N3O5S. The lowest BCUT2D eigenvalue weighted by Gasteiger charge is -2.28. The Labute approximate surface area is 245 Å². The molecule has 0 radical (unpaired) electrons. The van der Waals surface area contributed by atoms with Crippen molar-refractivity contribution < 1.29 is 50.2 Å². The number of thioether (sulfide) groups is 1. The molecular weight excluding hydrogens is 616 g/mol. The van der Waals surface area contributed by atoms with E-state index in [2.05, 4.69) is 14.6 Å². The smallest absolute Gasteiger partial charge is 0.462 e. The van der Waals surface area contributed by atoms with Crippen molar-refractivity contribution in [1.29, 1.82) is 0 Å². The highest BCUT2D eigenvalue weighted by Gasteiger charge is 2.45. The van der Waals surface area contributed by atoms with Crippen LogP contribution in [0.1, 0.15) is 30.9 Å². The van der Waals surface area contributed by atoms with Gasteiger partial charge in [0.05, 0.1) is 35.6 Å². The van der Waals surface area contributed by atoms with Gasteiger partial charge in [-0.15, -0.1) is 13.2 Å². The monoisotopic (exact) mass is 639 g/mol. The van der Waals surface area contributed by atoms with Gasteiger partial charge in [0.15, 0.2) is 0 Å². The number of anilines is 1. The number of esters is 1. The van der Waals surface area contributed by atoms with Gasteiger partial charge in [-0.05, 0) is 66.8 Å². The number of imide groups is 1. The van der Waals surface area contributed by atoms with E-state index in [-0.39, 0.29) is 23.5 Å². The van der Waals surface area contributed by atoms with Crippen LogP contribution in [0, 0.1) is 5.41 Å². The Hall–Kier alpha value is -3.46. The number of methoxy groups -OCH3 is 1. The number of ether oxygens (including phenoxy) is 2. The Morgan fingerprint density at radius 2 is 1.74 bits per heavy atom. The lowest BCUT2D eigenvalue weighted by atomic mass is 9.78. The van der Waals surface area contributed by atoms with Crippen LogP contribution < -0.4 is 9.64 Å². The quantitative estimate of drug-likeness (QED) is 0.144. The molecule has 228 valence electrons. The molecule has 16 heteroatoms. The zero-order chi connectivity index (χ0) is 31.5. The number of carbonyl (C=O) groups is 3. The summed E-state index contributed by atoms with van der Waals surface area (Å²) in [6, 6.07) is 5.48. The lowest BCUT2D eigenvalue weighted by molar-refractivity contribution is -0.274. The molecule has 3 rings (SSSR count). The van der Waals surface area contributed by atoms with E-state index in [4.69, 9.17) is 11.6 Å². The maximum Gasteiger partial charge on any atom is 0.573 e. The van der Waals surface area contributed by atoms with Crippen LogP contribution in [0.15, 0.2) is 47.6 Å². The summed E-state index contributed by atoms with van der Waals surface area (Å²) in [5.74, 6) is -2.83. The Morgan fingerprint density at radius 3 is 2.26 bits per heavy atom. The van der Waals surface area contributed by atoms with Crippen LogP contribution in [-0.2, 0) is 20.5 Å². The number of benzene rings is 2. The zero-order valence-corrected chi connectivity index (χ0v) is 23.9. The number of nitrogens with zero attached hydrogens (tertiary/aromatic N) is 3. The second-order valence-corrected chi connectivity index (χ2v) is 10.7. The molecule has 2 aromatic carbocycles. The molecule has 0 N–H and O–H groups in total. The number of hydrogen-bond donors (Lipinski definition) is 0. The van der Waals surface area contributed by atoms with Crippen LogP contribution >= 0.6 is 23.4 Å². The van der Waals surface area contributed by atoms with Gasteiger partial charge in [0.1, 0.15) is 5.75 Å². The van der Waals surface area contributed by atoms with Crippen molar-refractivity contribution in [2.75, 3.05) is 30.6 Å². The first-order chi connectivity index (χ1) is 19.5. The summed E-state index contributed by atoms with van der Waals surface area (Å²) in [7, 11) is 0.895. The fourth-order valence-corrected chi connectivity index (χ4v) is 5.02. The second kappa shape index (κ2) is 12.8. The molecule has 0 aromatic heterocycles. The fraction of sp³-hybridized carbons (Fsp3) is 0.385. The topological polar surface area (TPSA) is 88.5 Å². The lowest BCUT2D eigenvalue weighted by Crippen LogP contribution is -2.48. The third kappa shape index (κ3) is 7.68. The van der Waals surface area contributed by atoms with Gasteiger partial charge >= 0.3 is 30.4 Å². The van der Waals surface area contributed by atoms with Gasteiger partial charge in [-0.3, -0.25) is 4.79 Å². The summed E-state index contributed by atoms with van der Waals surface area (Å²) in [6.45, 7) is 1.59. The molecule has 0 saturated heterocycles. The van der Waals surface area contributed by atoms with Crippen molar-refractivity contribution in [2.45, 2.75) is 32.3 Å². The van der Waals surface area contributed by atoms with Gasteiger partial charge in [-0.1, -0.05) is 24.6 Å². The van der Waals surface area contributed by atoms with E-state index in [1.807, 2.05) is 6.26 Å². The SMILES string of the molecule is COC(=O)C(=O)N(C(=O)N1CC(C)(CCCSC)C(c2ccc(C(F)(F)F)c(Cl)c2)=N1)c1ccc(OC(F)(F)F)cc1. The summed E-state index contributed by atoms with van der Waals surface area (Å²) < 4.78 is 85.9. The van der Waals surface area contributed by atoms with E-state index < -0.39 is 52.2 Å². The molecule has 2 aromatic rings. The van der Waals surface area contributed by atoms with Gasteiger partial charge in [0, 0.05) is 5.41 Å². The maximum atomic E-state index is 13.7. The molecule has 3 amide bonds. The predicted molar refractivity (Wildman–Crippen MR) is 143 cm³/mol. The molecule has 1 atom stereocenters. The average molecular weight is 640 g/mol. The van der Waals surface area contributed by atoms with Gasteiger partial charge in [-0.25, -0.2) is 19.5 Å². The first kappa shape index (κ1) is 33.0. The van der Waals surface area contributed by atoms with Crippen LogP contribution in [0.3, 0.4) is 0 Å². The normalized spacial score (nSPS) is 17.1. The van der Waals surface area contributed by atoms with E-state index in [0.717, 1.165) is 54.3 Å². The Balaban J connectivity index is 2.05. The van der Waals surface area contributed by atoms with Crippen LogP contribution in [0.2, 0.25) is 5.02 Å². The minimum Gasteiger partial charge on any atom is -0.462 e. The average Bonchev–Trinajstić information content (AvgIpc) is 3.25. The summed E-state index contributed by atoms with van der Waals surface area (Å²) in [5.41, 5.74) is -1.85. The summed E-state index contributed by atoms with van der Waals surface area (Å²) in [4.78, 5) is 39.1. The van der Waals surface area contributed by atoms with Crippen LogP contribution in [0.5, 0.6) is 5.75 Å². The number of amides is 3. The summed E-state index contributed by atoms with van der Waals surface area (Å²) in [6.07, 6.45) is -6.74. The molecule has 0 spiro atoms. The third-order valence-electron chi connectivity index (χ3n) is 6.22. The summed E-state index contributed by atoms with van der Waals surface area (Å²) >= 11 is 7.50. The maximum absolute atomic E-state index is 13.7. The molecule has 8 nitrogen and oxygen atoms in total. The van der Waals surface area contributed by atoms with Gasteiger partial charge in [0.25, 0.3) is 0 Å². The number of urea groups is 1. The zero-order valence-electron chi connectivity index (χ0n) is 22.3. The predicted octanol–water partition coefficient (Wildman–Crippen LogP) is 6.75. The van der Waals surface area contributed by atoms with Crippen LogP contribution in [0.4, 0.5) is 36.8 Å². The van der Waals surface area contributed by atoms with Crippen molar-refractivity contribution in [3.8, 4) is 5.75 Å². The number of rotatable bonds is 7. The van der Waals surface area contributed by atoms with E-state index in [0.29, 0.717) is 17.7 Å². The fourth-order valence-electron chi connectivity index (χ4n) is 4.30. The molecule has 0 aliphatic carbocycles. The molecule has 1 unspecified atom stereocenters. The molecule has 42 heavy (non-hydrogen) atoms. The van der Waals surface area contributed by atoms with Gasteiger partial charge in [-0.2, -0.15) is 30.0 Å². The van der Waals surface area contributed by atoms with Crippen molar-refractivity contribution in [1.82, 2.24) is 5.01 Å². The first-order valence-corrected chi connectivity index (χ1v) is 13.8. The number of alkyl halides is 6. The number of hydrogen-bond acceptors (Lipinski definition) is 7. The Morgan fingerprint density at radius 1 is 1.10 bits per heavy atom. The highest BCUT2D eigenvalue weighted by atomic mass is 35.5. The highest BCUT2D eigenvalue weighted by molar-refractivity contribution is 7.98. The number of hydrazone groups is 1. The van der Waals surface area contributed by atoms with Crippen LogP contribution in [-0.4, -0.2) is 60.7 Å². The van der Waals surface area contributed by atoms with Gasteiger partial charge in [0.2, 0.25) is 0 Å².